The number of aromatic nitrogens is 2. The lowest BCUT2D eigenvalue weighted by Crippen LogP contribution is -1.99. The lowest BCUT2D eigenvalue weighted by Gasteiger charge is -2.06. The largest absolute Gasteiger partial charge is 0.387 e. The van der Waals surface area contributed by atoms with Gasteiger partial charge in [-0.3, -0.25) is 0 Å². The molecular formula is C10H9ClN2OS. The summed E-state index contributed by atoms with van der Waals surface area (Å²) in [6.07, 6.45) is 1.61. The smallest absolute Gasteiger partial charge is 0.0954 e. The molecule has 0 bridgehead atoms. The van der Waals surface area contributed by atoms with Gasteiger partial charge in [0.15, 0.2) is 0 Å². The van der Waals surface area contributed by atoms with Crippen molar-refractivity contribution in [3.63, 3.8) is 0 Å². The van der Waals surface area contributed by atoms with Gasteiger partial charge in [-0.2, -0.15) is 0 Å². The van der Waals surface area contributed by atoms with Gasteiger partial charge in [0.25, 0.3) is 0 Å². The molecule has 0 radical (unpaired) electrons. The maximum absolute atomic E-state index is 9.83. The second kappa shape index (κ2) is 4.70. The molecule has 0 amide bonds. The highest BCUT2D eigenvalue weighted by Gasteiger charge is 2.10. The fraction of sp³-hybridized carbons (Fsp3) is 0.200. The van der Waals surface area contributed by atoms with Crippen LogP contribution in [0.3, 0.4) is 0 Å². The highest BCUT2D eigenvalue weighted by atomic mass is 35.5. The summed E-state index contributed by atoms with van der Waals surface area (Å²) in [7, 11) is 0. The molecule has 1 aromatic heterocycles. The third-order valence-corrected chi connectivity index (χ3v) is 3.07. The van der Waals surface area contributed by atoms with Crippen LogP contribution in [0.25, 0.3) is 0 Å². The first-order valence-corrected chi connectivity index (χ1v) is 5.60. The van der Waals surface area contributed by atoms with Crippen molar-refractivity contribution < 1.29 is 5.11 Å². The van der Waals surface area contributed by atoms with Crippen molar-refractivity contribution >= 4 is 23.1 Å². The van der Waals surface area contributed by atoms with E-state index in [1.54, 1.807) is 6.20 Å². The minimum atomic E-state index is -0.536. The summed E-state index contributed by atoms with van der Waals surface area (Å²) in [5, 5.41) is 14.2. The van der Waals surface area contributed by atoms with E-state index < -0.39 is 6.10 Å². The Morgan fingerprint density at radius 1 is 1.33 bits per heavy atom. The molecule has 0 aliphatic rings. The van der Waals surface area contributed by atoms with E-state index in [0.29, 0.717) is 11.4 Å². The van der Waals surface area contributed by atoms with E-state index in [1.165, 1.54) is 11.5 Å². The van der Waals surface area contributed by atoms with Crippen molar-refractivity contribution in [2.45, 2.75) is 12.5 Å². The first kappa shape index (κ1) is 10.5. The first-order chi connectivity index (χ1) is 7.25. The van der Waals surface area contributed by atoms with Crippen LogP contribution < -0.4 is 0 Å². The van der Waals surface area contributed by atoms with E-state index in [0.717, 1.165) is 10.4 Å². The van der Waals surface area contributed by atoms with Gasteiger partial charge in [-0.05, 0) is 29.2 Å². The minimum Gasteiger partial charge on any atom is -0.387 e. The molecule has 0 saturated carbocycles. The van der Waals surface area contributed by atoms with E-state index in [1.807, 2.05) is 24.3 Å². The summed E-state index contributed by atoms with van der Waals surface area (Å²) in [5.41, 5.74) is 1.04. The second-order valence-electron chi connectivity index (χ2n) is 3.17. The number of aliphatic hydroxyl groups is 1. The Morgan fingerprint density at radius 3 is 2.67 bits per heavy atom. The van der Waals surface area contributed by atoms with Crippen molar-refractivity contribution in [1.29, 1.82) is 0 Å². The number of halogens is 1. The van der Waals surface area contributed by atoms with E-state index in [-0.39, 0.29) is 0 Å². The fourth-order valence-corrected chi connectivity index (χ4v) is 1.88. The molecule has 0 saturated heterocycles. The Morgan fingerprint density at radius 2 is 2.07 bits per heavy atom. The van der Waals surface area contributed by atoms with Crippen LogP contribution in [0.2, 0.25) is 5.02 Å². The molecule has 15 heavy (non-hydrogen) atoms. The zero-order chi connectivity index (χ0) is 10.7. The molecule has 0 fully saturated rings. The summed E-state index contributed by atoms with van der Waals surface area (Å²) in [6.45, 7) is 0. The third-order valence-electron chi connectivity index (χ3n) is 2.05. The van der Waals surface area contributed by atoms with Gasteiger partial charge in [-0.1, -0.05) is 28.2 Å². The van der Waals surface area contributed by atoms with Gasteiger partial charge < -0.3 is 5.11 Å². The van der Waals surface area contributed by atoms with Crippen molar-refractivity contribution in [2.24, 2.45) is 0 Å². The SMILES string of the molecule is OC(Cc1ccc(Cl)cc1)c1cnns1. The first-order valence-electron chi connectivity index (χ1n) is 4.45. The lowest BCUT2D eigenvalue weighted by atomic mass is 10.1. The summed E-state index contributed by atoms with van der Waals surface area (Å²) in [6, 6.07) is 7.43. The zero-order valence-corrected chi connectivity index (χ0v) is 9.37. The van der Waals surface area contributed by atoms with Crippen LogP contribution in [-0.4, -0.2) is 14.7 Å². The topological polar surface area (TPSA) is 46.0 Å². The summed E-state index contributed by atoms with van der Waals surface area (Å²) in [5.74, 6) is 0. The minimum absolute atomic E-state index is 0.536. The quantitative estimate of drug-likeness (QED) is 0.897. The average Bonchev–Trinajstić information content (AvgIpc) is 2.74. The Bertz CT molecular complexity index is 415. The molecule has 1 aromatic carbocycles. The van der Waals surface area contributed by atoms with Gasteiger partial charge >= 0.3 is 0 Å². The highest BCUT2D eigenvalue weighted by molar-refractivity contribution is 7.05. The summed E-state index contributed by atoms with van der Waals surface area (Å²) < 4.78 is 3.71. The molecule has 0 spiro atoms. The Hall–Kier alpha value is -0.970. The van der Waals surface area contributed by atoms with Crippen LogP contribution >= 0.6 is 23.1 Å². The van der Waals surface area contributed by atoms with Gasteiger partial charge in [-0.15, -0.1) is 5.10 Å². The van der Waals surface area contributed by atoms with Gasteiger partial charge in [0.1, 0.15) is 0 Å². The van der Waals surface area contributed by atoms with E-state index >= 15 is 0 Å². The summed E-state index contributed by atoms with van der Waals surface area (Å²) >= 11 is 6.98. The predicted molar refractivity (Wildman–Crippen MR) is 60.0 cm³/mol. The molecule has 2 rings (SSSR count). The zero-order valence-electron chi connectivity index (χ0n) is 7.80. The van der Waals surface area contributed by atoms with Gasteiger partial charge in [0, 0.05) is 11.4 Å². The van der Waals surface area contributed by atoms with Gasteiger partial charge in [-0.25, -0.2) is 0 Å². The van der Waals surface area contributed by atoms with Crippen LogP contribution in [0, 0.1) is 0 Å². The molecule has 1 N–H and O–H groups in total. The molecule has 2 aromatic rings. The maximum Gasteiger partial charge on any atom is 0.0954 e. The van der Waals surface area contributed by atoms with Crippen molar-refractivity contribution in [3.05, 3.63) is 45.9 Å². The number of hydrogen-bond acceptors (Lipinski definition) is 4. The normalized spacial score (nSPS) is 12.7. The predicted octanol–water partition coefficient (Wildman–Crippen LogP) is 2.47. The Kier molecular flexibility index (Phi) is 3.30. The standard InChI is InChI=1S/C10H9ClN2OS/c11-8-3-1-7(2-4-8)5-9(14)10-6-12-13-15-10/h1-4,6,9,14H,5H2. The second-order valence-corrected chi connectivity index (χ2v) is 4.42. The molecule has 3 nitrogen and oxygen atoms in total. The lowest BCUT2D eigenvalue weighted by molar-refractivity contribution is 0.182. The van der Waals surface area contributed by atoms with Crippen molar-refractivity contribution in [3.8, 4) is 0 Å². The fourth-order valence-electron chi connectivity index (χ4n) is 1.27. The average molecular weight is 241 g/mol. The van der Waals surface area contributed by atoms with E-state index in [9.17, 15) is 5.11 Å². The Balaban J connectivity index is 2.06. The Labute approximate surface area is 96.5 Å². The highest BCUT2D eigenvalue weighted by Crippen LogP contribution is 2.20. The van der Waals surface area contributed by atoms with Crippen molar-refractivity contribution in [2.75, 3.05) is 0 Å². The van der Waals surface area contributed by atoms with Crippen LogP contribution in [0.15, 0.2) is 30.5 Å². The molecule has 78 valence electrons. The molecule has 1 heterocycles. The van der Waals surface area contributed by atoms with Crippen molar-refractivity contribution in [1.82, 2.24) is 9.59 Å². The monoisotopic (exact) mass is 240 g/mol. The molecular weight excluding hydrogens is 232 g/mol. The third kappa shape index (κ3) is 2.75. The van der Waals surface area contributed by atoms with Crippen LogP contribution in [0.1, 0.15) is 16.5 Å². The molecule has 1 atom stereocenters. The molecule has 5 heteroatoms. The van der Waals surface area contributed by atoms with Crippen LogP contribution in [0.4, 0.5) is 0 Å². The number of aliphatic hydroxyl groups excluding tert-OH is 1. The maximum atomic E-state index is 9.83. The van der Waals surface area contributed by atoms with E-state index in [2.05, 4.69) is 9.59 Å². The number of rotatable bonds is 3. The molecule has 1 unspecified atom stereocenters. The van der Waals surface area contributed by atoms with E-state index in [4.69, 9.17) is 11.6 Å². The van der Waals surface area contributed by atoms with Gasteiger partial charge in [0.05, 0.1) is 17.2 Å². The molecule has 0 aliphatic carbocycles. The van der Waals surface area contributed by atoms with Crippen LogP contribution in [0.5, 0.6) is 0 Å². The number of nitrogens with zero attached hydrogens (tertiary/aromatic N) is 2. The van der Waals surface area contributed by atoms with Crippen LogP contribution in [-0.2, 0) is 6.42 Å². The molecule has 0 aliphatic heterocycles. The number of hydrogen-bond donors (Lipinski definition) is 1. The number of benzene rings is 1. The summed E-state index contributed by atoms with van der Waals surface area (Å²) in [4.78, 5) is 0.782. The van der Waals surface area contributed by atoms with Gasteiger partial charge in [0.2, 0.25) is 0 Å².